The predicted octanol–water partition coefficient (Wildman–Crippen LogP) is 4.36. The quantitative estimate of drug-likeness (QED) is 0.221. The highest BCUT2D eigenvalue weighted by Gasteiger charge is 2.03. The van der Waals surface area contributed by atoms with Gasteiger partial charge in [-0.05, 0) is 25.3 Å². The molecule has 0 radical (unpaired) electrons. The van der Waals surface area contributed by atoms with E-state index < -0.39 is 0 Å². The van der Waals surface area contributed by atoms with Crippen LogP contribution in [0.5, 0.6) is 5.75 Å². The molecule has 0 spiro atoms. The van der Waals surface area contributed by atoms with Crippen LogP contribution in [-0.4, -0.2) is 30.6 Å². The van der Waals surface area contributed by atoms with Crippen LogP contribution in [0.15, 0.2) is 53.7 Å². The van der Waals surface area contributed by atoms with Crippen LogP contribution in [0.2, 0.25) is 0 Å². The van der Waals surface area contributed by atoms with Crippen molar-refractivity contribution in [3.8, 4) is 5.75 Å². The van der Waals surface area contributed by atoms with Crippen molar-refractivity contribution in [3.05, 3.63) is 58.5 Å². The Hall–Kier alpha value is -1.87. The van der Waals surface area contributed by atoms with E-state index in [9.17, 15) is 0 Å². The lowest BCUT2D eigenvalue weighted by molar-refractivity contribution is 0.325. The minimum atomic E-state index is 0. The summed E-state index contributed by atoms with van der Waals surface area (Å²) in [6, 6.07) is 14.4. The summed E-state index contributed by atoms with van der Waals surface area (Å²) in [6.45, 7) is 6.74. The molecule has 0 unspecified atom stereocenters. The summed E-state index contributed by atoms with van der Waals surface area (Å²) in [4.78, 5) is 10.1. The first kappa shape index (κ1) is 21.4. The molecular formula is C20H25IN4OS. The summed E-state index contributed by atoms with van der Waals surface area (Å²) in [5.41, 5.74) is 0. The molecule has 7 heteroatoms. The maximum atomic E-state index is 5.96. The Bertz CT molecular complexity index is 876. The van der Waals surface area contributed by atoms with Crippen LogP contribution in [0.25, 0.3) is 10.8 Å². The standard InChI is InChI=1S/C20H24N4OS.HI/c1-3-21-20(24-14-19-23-13-15(2)26-19)22-11-12-25-18-10-6-8-16-7-4-5-9-17(16)18;/h4-10,13H,3,11-12,14H2,1-2H3,(H2,21,22,24);1H. The maximum Gasteiger partial charge on any atom is 0.191 e. The Balaban J connectivity index is 0.00000261. The fourth-order valence-corrected chi connectivity index (χ4v) is 3.33. The van der Waals surface area contributed by atoms with E-state index in [0.717, 1.165) is 28.6 Å². The highest BCUT2D eigenvalue weighted by molar-refractivity contribution is 14.0. The average molecular weight is 496 g/mol. The van der Waals surface area contributed by atoms with Gasteiger partial charge >= 0.3 is 0 Å². The van der Waals surface area contributed by atoms with Crippen LogP contribution in [0.4, 0.5) is 0 Å². The smallest absolute Gasteiger partial charge is 0.191 e. The Labute approximate surface area is 181 Å². The number of hydrogen-bond acceptors (Lipinski definition) is 4. The van der Waals surface area contributed by atoms with E-state index in [1.807, 2.05) is 30.5 Å². The van der Waals surface area contributed by atoms with Crippen molar-refractivity contribution < 1.29 is 4.74 Å². The van der Waals surface area contributed by atoms with Crippen LogP contribution in [0.3, 0.4) is 0 Å². The van der Waals surface area contributed by atoms with E-state index in [0.29, 0.717) is 19.7 Å². The molecule has 1 heterocycles. The Kier molecular flexibility index (Phi) is 8.80. The molecular weight excluding hydrogens is 471 g/mol. The second kappa shape index (κ2) is 11.1. The Morgan fingerprint density at radius 1 is 1.15 bits per heavy atom. The summed E-state index contributed by atoms with van der Waals surface area (Å²) in [6.07, 6.45) is 1.88. The first-order chi connectivity index (χ1) is 12.8. The zero-order chi connectivity index (χ0) is 18.2. The van der Waals surface area contributed by atoms with Crippen molar-refractivity contribution in [2.45, 2.75) is 20.4 Å². The van der Waals surface area contributed by atoms with Gasteiger partial charge in [0, 0.05) is 23.0 Å². The van der Waals surface area contributed by atoms with Crippen LogP contribution >= 0.6 is 35.3 Å². The number of ether oxygens (including phenoxy) is 1. The third-order valence-corrected chi connectivity index (χ3v) is 4.69. The third kappa shape index (κ3) is 6.35. The van der Waals surface area contributed by atoms with Crippen molar-refractivity contribution in [1.82, 2.24) is 15.6 Å². The molecule has 0 saturated carbocycles. The van der Waals surface area contributed by atoms with Gasteiger partial charge in [-0.25, -0.2) is 9.98 Å². The number of aromatic nitrogens is 1. The van der Waals surface area contributed by atoms with E-state index in [4.69, 9.17) is 4.74 Å². The molecule has 0 aliphatic heterocycles. The van der Waals surface area contributed by atoms with Gasteiger partial charge < -0.3 is 15.4 Å². The van der Waals surface area contributed by atoms with Crippen molar-refractivity contribution in [3.63, 3.8) is 0 Å². The second-order valence-electron chi connectivity index (χ2n) is 5.81. The minimum absolute atomic E-state index is 0. The summed E-state index contributed by atoms with van der Waals surface area (Å²) >= 11 is 1.68. The number of nitrogens with one attached hydrogen (secondary N) is 2. The largest absolute Gasteiger partial charge is 0.491 e. The number of halogens is 1. The monoisotopic (exact) mass is 496 g/mol. The van der Waals surface area contributed by atoms with E-state index in [-0.39, 0.29) is 24.0 Å². The third-order valence-electron chi connectivity index (χ3n) is 3.79. The zero-order valence-electron chi connectivity index (χ0n) is 15.6. The summed E-state index contributed by atoms with van der Waals surface area (Å²) in [5, 5.41) is 9.90. The van der Waals surface area contributed by atoms with Gasteiger partial charge in [0.05, 0.1) is 13.1 Å². The van der Waals surface area contributed by atoms with Gasteiger partial charge in [0.1, 0.15) is 17.4 Å². The second-order valence-corrected chi connectivity index (χ2v) is 7.13. The molecule has 0 aliphatic rings. The molecule has 0 fully saturated rings. The molecule has 144 valence electrons. The molecule has 1 aromatic heterocycles. The van der Waals surface area contributed by atoms with E-state index in [1.165, 1.54) is 10.3 Å². The average Bonchev–Trinajstić information content (AvgIpc) is 3.08. The molecule has 2 aromatic carbocycles. The number of aryl methyl sites for hydroxylation is 1. The molecule has 0 saturated heterocycles. The first-order valence-corrected chi connectivity index (χ1v) is 9.62. The lowest BCUT2D eigenvalue weighted by Gasteiger charge is -2.13. The number of rotatable bonds is 7. The maximum absolute atomic E-state index is 5.96. The number of benzene rings is 2. The van der Waals surface area contributed by atoms with Crippen LogP contribution in [0, 0.1) is 6.92 Å². The van der Waals surface area contributed by atoms with Gasteiger partial charge in [-0.1, -0.05) is 36.4 Å². The van der Waals surface area contributed by atoms with Crippen LogP contribution in [0.1, 0.15) is 16.8 Å². The number of aliphatic imine (C=N–C) groups is 1. The van der Waals surface area contributed by atoms with Crippen molar-refractivity contribution in [2.24, 2.45) is 4.99 Å². The fourth-order valence-electron chi connectivity index (χ4n) is 2.61. The molecule has 27 heavy (non-hydrogen) atoms. The molecule has 3 aromatic rings. The molecule has 0 aliphatic carbocycles. The number of guanidine groups is 1. The molecule has 2 N–H and O–H groups in total. The van der Waals surface area contributed by atoms with Gasteiger partial charge in [-0.3, -0.25) is 0 Å². The first-order valence-electron chi connectivity index (χ1n) is 8.80. The van der Waals surface area contributed by atoms with E-state index in [2.05, 4.69) is 52.7 Å². The van der Waals surface area contributed by atoms with Crippen molar-refractivity contribution in [1.29, 1.82) is 0 Å². The van der Waals surface area contributed by atoms with Crippen LogP contribution < -0.4 is 15.4 Å². The summed E-state index contributed by atoms with van der Waals surface area (Å²) in [5.74, 6) is 1.69. The molecule has 5 nitrogen and oxygen atoms in total. The number of hydrogen-bond donors (Lipinski definition) is 2. The lowest BCUT2D eigenvalue weighted by Crippen LogP contribution is -2.39. The summed E-state index contributed by atoms with van der Waals surface area (Å²) < 4.78 is 5.96. The van der Waals surface area contributed by atoms with Gasteiger partial charge in [0.15, 0.2) is 5.96 Å². The topological polar surface area (TPSA) is 58.5 Å². The number of thiazole rings is 1. The van der Waals surface area contributed by atoms with Gasteiger partial charge in [0.2, 0.25) is 0 Å². The zero-order valence-corrected chi connectivity index (χ0v) is 18.7. The van der Waals surface area contributed by atoms with E-state index >= 15 is 0 Å². The van der Waals surface area contributed by atoms with Crippen molar-refractivity contribution in [2.75, 3.05) is 19.7 Å². The van der Waals surface area contributed by atoms with Crippen molar-refractivity contribution >= 4 is 52.0 Å². The Morgan fingerprint density at radius 3 is 2.74 bits per heavy atom. The van der Waals surface area contributed by atoms with Crippen LogP contribution in [-0.2, 0) is 6.54 Å². The lowest BCUT2D eigenvalue weighted by atomic mass is 10.1. The summed E-state index contributed by atoms with van der Waals surface area (Å²) in [7, 11) is 0. The fraction of sp³-hybridized carbons (Fsp3) is 0.300. The van der Waals surface area contributed by atoms with Gasteiger partial charge in [-0.2, -0.15) is 0 Å². The number of nitrogens with zero attached hydrogens (tertiary/aromatic N) is 2. The highest BCUT2D eigenvalue weighted by Crippen LogP contribution is 2.24. The molecule has 3 rings (SSSR count). The molecule has 0 amide bonds. The Morgan fingerprint density at radius 2 is 1.96 bits per heavy atom. The molecule has 0 atom stereocenters. The SMILES string of the molecule is CCNC(=NCc1ncc(C)s1)NCCOc1cccc2ccccc12.I. The number of fused-ring (bicyclic) bond motifs is 1. The van der Waals surface area contributed by atoms with Gasteiger partial charge in [-0.15, -0.1) is 35.3 Å². The predicted molar refractivity (Wildman–Crippen MR) is 125 cm³/mol. The molecule has 0 bridgehead atoms. The highest BCUT2D eigenvalue weighted by atomic mass is 127. The van der Waals surface area contributed by atoms with Gasteiger partial charge in [0.25, 0.3) is 0 Å². The van der Waals surface area contributed by atoms with E-state index in [1.54, 1.807) is 11.3 Å². The normalized spacial score (nSPS) is 11.1. The minimum Gasteiger partial charge on any atom is -0.491 e.